The number of rotatable bonds is 4. The maximum Gasteiger partial charge on any atom is 0.318 e. The standard InChI is InChI=1S/C17H20N4O2/c1-18-17(23)20-14-6-4-5-13(11-14)19-16(22)12-7-9-15(10-8-12)21(2)3/h4-11H,1-3H3,(H,19,22)(H2,18,20,23). The Kier molecular flexibility index (Phi) is 5.19. The molecule has 6 heteroatoms. The highest BCUT2D eigenvalue weighted by molar-refractivity contribution is 6.04. The van der Waals surface area contributed by atoms with Gasteiger partial charge in [0.1, 0.15) is 0 Å². The molecular formula is C17H20N4O2. The van der Waals surface area contributed by atoms with E-state index in [1.54, 1.807) is 43.4 Å². The minimum atomic E-state index is -0.312. The highest BCUT2D eigenvalue weighted by atomic mass is 16.2. The summed E-state index contributed by atoms with van der Waals surface area (Å²) in [5.74, 6) is -0.201. The van der Waals surface area contributed by atoms with Gasteiger partial charge < -0.3 is 20.9 Å². The minimum absolute atomic E-state index is 0.201. The molecule has 0 saturated carbocycles. The van der Waals surface area contributed by atoms with E-state index in [4.69, 9.17) is 0 Å². The number of carbonyl (C=O) groups excluding carboxylic acids is 2. The Morgan fingerprint density at radius 1 is 0.913 bits per heavy atom. The fourth-order valence-corrected chi connectivity index (χ4v) is 1.98. The second-order valence-electron chi connectivity index (χ2n) is 5.18. The summed E-state index contributed by atoms with van der Waals surface area (Å²) in [7, 11) is 5.43. The van der Waals surface area contributed by atoms with Gasteiger partial charge in [-0.25, -0.2) is 4.79 Å². The van der Waals surface area contributed by atoms with E-state index in [1.807, 2.05) is 31.1 Å². The Bertz CT molecular complexity index is 696. The van der Waals surface area contributed by atoms with Crippen LogP contribution < -0.4 is 20.9 Å². The molecule has 0 radical (unpaired) electrons. The van der Waals surface area contributed by atoms with E-state index in [0.29, 0.717) is 16.9 Å². The molecule has 0 spiro atoms. The third kappa shape index (κ3) is 4.47. The van der Waals surface area contributed by atoms with Crippen LogP contribution in [0.2, 0.25) is 0 Å². The summed E-state index contributed by atoms with van der Waals surface area (Å²) in [6.45, 7) is 0. The zero-order valence-corrected chi connectivity index (χ0v) is 13.4. The van der Waals surface area contributed by atoms with E-state index in [-0.39, 0.29) is 11.9 Å². The van der Waals surface area contributed by atoms with Gasteiger partial charge >= 0.3 is 6.03 Å². The summed E-state index contributed by atoms with van der Waals surface area (Å²) in [6, 6.07) is 14.0. The van der Waals surface area contributed by atoms with E-state index in [2.05, 4.69) is 16.0 Å². The van der Waals surface area contributed by atoms with Crippen LogP contribution in [-0.4, -0.2) is 33.1 Å². The molecule has 0 unspecified atom stereocenters. The molecule has 0 atom stereocenters. The Balaban J connectivity index is 2.07. The summed E-state index contributed by atoms with van der Waals surface area (Å²) in [5, 5.41) is 7.94. The van der Waals surface area contributed by atoms with Crippen molar-refractivity contribution in [2.24, 2.45) is 0 Å². The minimum Gasteiger partial charge on any atom is -0.378 e. The maximum absolute atomic E-state index is 12.3. The molecule has 3 amide bonds. The molecule has 0 aliphatic heterocycles. The van der Waals surface area contributed by atoms with Gasteiger partial charge in [0.05, 0.1) is 0 Å². The van der Waals surface area contributed by atoms with Gasteiger partial charge in [-0.1, -0.05) is 6.07 Å². The number of carbonyl (C=O) groups is 2. The lowest BCUT2D eigenvalue weighted by Gasteiger charge is -2.13. The summed E-state index contributed by atoms with van der Waals surface area (Å²) >= 11 is 0. The quantitative estimate of drug-likeness (QED) is 0.813. The smallest absolute Gasteiger partial charge is 0.318 e. The first-order valence-corrected chi connectivity index (χ1v) is 7.17. The lowest BCUT2D eigenvalue weighted by Crippen LogP contribution is -2.24. The zero-order valence-electron chi connectivity index (χ0n) is 13.4. The van der Waals surface area contributed by atoms with Gasteiger partial charge in [-0.2, -0.15) is 0 Å². The van der Waals surface area contributed by atoms with Gasteiger partial charge in [0.2, 0.25) is 0 Å². The van der Waals surface area contributed by atoms with E-state index >= 15 is 0 Å². The number of urea groups is 1. The van der Waals surface area contributed by atoms with E-state index < -0.39 is 0 Å². The lowest BCUT2D eigenvalue weighted by molar-refractivity contribution is 0.102. The van der Waals surface area contributed by atoms with Crippen molar-refractivity contribution in [1.29, 1.82) is 0 Å². The van der Waals surface area contributed by atoms with Crippen molar-refractivity contribution in [2.75, 3.05) is 36.7 Å². The molecule has 0 aromatic heterocycles. The average molecular weight is 312 g/mol. The molecule has 0 saturated heterocycles. The van der Waals surface area contributed by atoms with E-state index in [9.17, 15) is 9.59 Å². The van der Waals surface area contributed by atoms with Crippen molar-refractivity contribution in [2.45, 2.75) is 0 Å². The molecule has 2 rings (SSSR count). The summed E-state index contributed by atoms with van der Waals surface area (Å²) in [6.07, 6.45) is 0. The summed E-state index contributed by atoms with van der Waals surface area (Å²) in [5.41, 5.74) is 2.81. The third-order valence-electron chi connectivity index (χ3n) is 3.25. The molecule has 0 aliphatic carbocycles. The fourth-order valence-electron chi connectivity index (χ4n) is 1.98. The van der Waals surface area contributed by atoms with Crippen LogP contribution in [-0.2, 0) is 0 Å². The van der Waals surface area contributed by atoms with Crippen LogP contribution >= 0.6 is 0 Å². The summed E-state index contributed by atoms with van der Waals surface area (Å²) < 4.78 is 0. The first-order chi connectivity index (χ1) is 11.0. The lowest BCUT2D eigenvalue weighted by atomic mass is 10.2. The first-order valence-electron chi connectivity index (χ1n) is 7.17. The van der Waals surface area contributed by atoms with Crippen LogP contribution in [0.15, 0.2) is 48.5 Å². The van der Waals surface area contributed by atoms with Crippen LogP contribution in [0.1, 0.15) is 10.4 Å². The van der Waals surface area contributed by atoms with Crippen LogP contribution in [0.4, 0.5) is 21.9 Å². The second kappa shape index (κ2) is 7.31. The Morgan fingerprint density at radius 3 is 2.09 bits per heavy atom. The van der Waals surface area contributed by atoms with Crippen molar-refractivity contribution < 1.29 is 9.59 Å². The highest BCUT2D eigenvalue weighted by Crippen LogP contribution is 2.17. The van der Waals surface area contributed by atoms with Crippen molar-refractivity contribution in [3.05, 3.63) is 54.1 Å². The van der Waals surface area contributed by atoms with Crippen molar-refractivity contribution in [3.63, 3.8) is 0 Å². The second-order valence-corrected chi connectivity index (χ2v) is 5.18. The number of hydrogen-bond donors (Lipinski definition) is 3. The number of benzene rings is 2. The SMILES string of the molecule is CNC(=O)Nc1cccc(NC(=O)c2ccc(N(C)C)cc2)c1. The van der Waals surface area contributed by atoms with Gasteiger partial charge in [0, 0.05) is 43.8 Å². The first kappa shape index (κ1) is 16.4. The molecule has 0 aliphatic rings. The number of hydrogen-bond acceptors (Lipinski definition) is 3. The Morgan fingerprint density at radius 2 is 1.52 bits per heavy atom. The average Bonchev–Trinajstić information content (AvgIpc) is 2.55. The molecule has 2 aromatic carbocycles. The molecular weight excluding hydrogens is 292 g/mol. The Labute approximate surface area is 135 Å². The molecule has 2 aromatic rings. The molecule has 0 heterocycles. The molecule has 6 nitrogen and oxygen atoms in total. The molecule has 0 bridgehead atoms. The highest BCUT2D eigenvalue weighted by Gasteiger charge is 2.07. The number of nitrogens with one attached hydrogen (secondary N) is 3. The molecule has 0 fully saturated rings. The van der Waals surface area contributed by atoms with Gasteiger partial charge in [-0.15, -0.1) is 0 Å². The van der Waals surface area contributed by atoms with Crippen molar-refractivity contribution in [3.8, 4) is 0 Å². The van der Waals surface area contributed by atoms with Crippen molar-refractivity contribution >= 4 is 29.0 Å². The van der Waals surface area contributed by atoms with Gasteiger partial charge in [0.25, 0.3) is 5.91 Å². The predicted octanol–water partition coefficient (Wildman–Crippen LogP) is 2.76. The largest absolute Gasteiger partial charge is 0.378 e. The monoisotopic (exact) mass is 312 g/mol. The molecule has 3 N–H and O–H groups in total. The third-order valence-corrected chi connectivity index (χ3v) is 3.25. The number of nitrogens with zero attached hydrogens (tertiary/aromatic N) is 1. The maximum atomic E-state index is 12.3. The van der Waals surface area contributed by atoms with E-state index in [0.717, 1.165) is 5.69 Å². The van der Waals surface area contributed by atoms with Gasteiger partial charge in [-0.3, -0.25) is 4.79 Å². The topological polar surface area (TPSA) is 73.5 Å². The van der Waals surface area contributed by atoms with E-state index in [1.165, 1.54) is 0 Å². The van der Waals surface area contributed by atoms with Gasteiger partial charge in [-0.05, 0) is 42.5 Å². The van der Waals surface area contributed by atoms with Crippen LogP contribution in [0.5, 0.6) is 0 Å². The summed E-state index contributed by atoms with van der Waals surface area (Å²) in [4.78, 5) is 25.5. The predicted molar refractivity (Wildman–Crippen MR) is 93.2 cm³/mol. The fraction of sp³-hybridized carbons (Fsp3) is 0.176. The Hall–Kier alpha value is -3.02. The van der Waals surface area contributed by atoms with Crippen LogP contribution in [0.3, 0.4) is 0 Å². The number of anilines is 3. The molecule has 23 heavy (non-hydrogen) atoms. The normalized spacial score (nSPS) is 9.87. The zero-order chi connectivity index (χ0) is 16.8. The molecule has 120 valence electrons. The number of amides is 3. The van der Waals surface area contributed by atoms with Crippen molar-refractivity contribution in [1.82, 2.24) is 5.32 Å². The van der Waals surface area contributed by atoms with Crippen LogP contribution in [0, 0.1) is 0 Å². The van der Waals surface area contributed by atoms with Crippen LogP contribution in [0.25, 0.3) is 0 Å². The van der Waals surface area contributed by atoms with Gasteiger partial charge in [0.15, 0.2) is 0 Å².